The highest BCUT2D eigenvalue weighted by Crippen LogP contribution is 2.22. The Kier molecular flexibility index (Phi) is 5.78. The monoisotopic (exact) mass is 426 g/mol. The van der Waals surface area contributed by atoms with Crippen molar-refractivity contribution in [2.45, 2.75) is 30.7 Å². The molecule has 0 atom stereocenters. The van der Waals surface area contributed by atoms with Gasteiger partial charge in [0.25, 0.3) is 0 Å². The van der Waals surface area contributed by atoms with Gasteiger partial charge in [-0.3, -0.25) is 4.57 Å². The highest BCUT2D eigenvalue weighted by atomic mass is 32.2. The molecule has 2 heterocycles. The normalized spacial score (nSPS) is 15.2. The lowest BCUT2D eigenvalue weighted by Crippen LogP contribution is -2.35. The van der Waals surface area contributed by atoms with E-state index in [1.165, 1.54) is 0 Å². The maximum Gasteiger partial charge on any atom is 0.326 e. The molecule has 1 aromatic heterocycles. The van der Waals surface area contributed by atoms with Crippen LogP contribution >= 0.6 is 0 Å². The van der Waals surface area contributed by atoms with Gasteiger partial charge in [0.05, 0.1) is 10.4 Å². The molecule has 7 nitrogen and oxygen atoms in total. The Morgan fingerprint density at radius 2 is 1.73 bits per heavy atom. The van der Waals surface area contributed by atoms with Gasteiger partial charge in [0.1, 0.15) is 0 Å². The fourth-order valence-corrected chi connectivity index (χ4v) is 5.29. The zero-order chi connectivity index (χ0) is 21.1. The molecule has 0 aliphatic carbocycles. The first-order valence-corrected chi connectivity index (χ1v) is 11.6. The van der Waals surface area contributed by atoms with Crippen molar-refractivity contribution in [2.24, 2.45) is 0 Å². The lowest BCUT2D eigenvalue weighted by atomic mass is 10.2. The third-order valence-corrected chi connectivity index (χ3v) is 7.43. The summed E-state index contributed by atoms with van der Waals surface area (Å²) in [4.78, 5) is 12.9. The third-order valence-electron chi connectivity index (χ3n) is 5.52. The van der Waals surface area contributed by atoms with Crippen LogP contribution in [0.3, 0.4) is 0 Å². The first-order chi connectivity index (χ1) is 14.5. The SMILES string of the molecule is CNc1ccc2c(ccn2C(=O)NCc2ccc(S(=O)(=O)N3CCCCC3)cc2)c1. The van der Waals surface area contributed by atoms with Crippen LogP contribution in [0.25, 0.3) is 10.9 Å². The zero-order valence-electron chi connectivity index (χ0n) is 17.0. The van der Waals surface area contributed by atoms with Gasteiger partial charge in [-0.1, -0.05) is 18.6 Å². The fraction of sp³-hybridized carbons (Fsp3) is 0.318. The van der Waals surface area contributed by atoms with Gasteiger partial charge in [0.2, 0.25) is 10.0 Å². The van der Waals surface area contributed by atoms with Crippen LogP contribution in [-0.4, -0.2) is 43.5 Å². The van der Waals surface area contributed by atoms with E-state index in [9.17, 15) is 13.2 Å². The van der Waals surface area contributed by atoms with Crippen molar-refractivity contribution >= 4 is 32.6 Å². The van der Waals surface area contributed by atoms with Crippen LogP contribution in [0.1, 0.15) is 24.8 Å². The number of hydrogen-bond donors (Lipinski definition) is 2. The highest BCUT2D eigenvalue weighted by molar-refractivity contribution is 7.89. The lowest BCUT2D eigenvalue weighted by Gasteiger charge is -2.25. The first kappa shape index (κ1) is 20.4. The summed E-state index contributed by atoms with van der Waals surface area (Å²) < 4.78 is 28.6. The molecule has 0 spiro atoms. The molecule has 4 rings (SSSR count). The molecule has 30 heavy (non-hydrogen) atoms. The van der Waals surface area contributed by atoms with Gasteiger partial charge in [-0.15, -0.1) is 0 Å². The van der Waals surface area contributed by atoms with Crippen molar-refractivity contribution in [3.8, 4) is 0 Å². The van der Waals surface area contributed by atoms with E-state index in [0.29, 0.717) is 24.5 Å². The maximum atomic E-state index is 12.7. The van der Waals surface area contributed by atoms with E-state index in [1.807, 2.05) is 31.3 Å². The van der Waals surface area contributed by atoms with E-state index >= 15 is 0 Å². The molecule has 1 aliphatic rings. The number of piperidine rings is 1. The number of fused-ring (bicyclic) bond motifs is 1. The molecule has 8 heteroatoms. The molecule has 2 aromatic carbocycles. The van der Waals surface area contributed by atoms with Crippen molar-refractivity contribution in [3.63, 3.8) is 0 Å². The second kappa shape index (κ2) is 8.49. The third kappa shape index (κ3) is 4.06. The Morgan fingerprint density at radius 1 is 1.00 bits per heavy atom. The van der Waals surface area contributed by atoms with E-state index in [4.69, 9.17) is 0 Å². The van der Waals surface area contributed by atoms with Crippen LogP contribution in [0.2, 0.25) is 0 Å². The van der Waals surface area contributed by atoms with E-state index < -0.39 is 10.0 Å². The van der Waals surface area contributed by atoms with Crippen molar-refractivity contribution < 1.29 is 13.2 Å². The number of nitrogens with zero attached hydrogens (tertiary/aromatic N) is 2. The minimum absolute atomic E-state index is 0.229. The predicted molar refractivity (Wildman–Crippen MR) is 118 cm³/mol. The number of carbonyl (C=O) groups excluding carboxylic acids is 1. The van der Waals surface area contributed by atoms with Gasteiger partial charge in [0.15, 0.2) is 0 Å². The largest absolute Gasteiger partial charge is 0.388 e. The summed E-state index contributed by atoms with van der Waals surface area (Å²) in [5.41, 5.74) is 2.66. The molecule has 0 bridgehead atoms. The van der Waals surface area contributed by atoms with E-state index in [2.05, 4.69) is 10.6 Å². The second-order valence-corrected chi connectivity index (χ2v) is 9.41. The molecular formula is C22H26N4O3S. The number of benzene rings is 2. The summed E-state index contributed by atoms with van der Waals surface area (Å²) in [7, 11) is -1.58. The topological polar surface area (TPSA) is 83.4 Å². The summed E-state index contributed by atoms with van der Waals surface area (Å²) >= 11 is 0. The summed E-state index contributed by atoms with van der Waals surface area (Å²) in [5.74, 6) is 0. The summed E-state index contributed by atoms with van der Waals surface area (Å²) in [6, 6.07) is 14.2. The van der Waals surface area contributed by atoms with Crippen LogP contribution in [0, 0.1) is 0 Å². The summed E-state index contributed by atoms with van der Waals surface area (Å²) in [5, 5.41) is 6.95. The Labute approximate surface area is 176 Å². The van der Waals surface area contributed by atoms with E-state index in [0.717, 1.165) is 41.4 Å². The van der Waals surface area contributed by atoms with E-state index in [-0.39, 0.29) is 6.03 Å². The van der Waals surface area contributed by atoms with Gasteiger partial charge in [-0.2, -0.15) is 4.31 Å². The van der Waals surface area contributed by atoms with Crippen molar-refractivity contribution in [2.75, 3.05) is 25.5 Å². The molecule has 2 N–H and O–H groups in total. The minimum Gasteiger partial charge on any atom is -0.388 e. The molecule has 1 fully saturated rings. The summed E-state index contributed by atoms with van der Waals surface area (Å²) in [6.45, 7) is 1.48. The van der Waals surface area contributed by atoms with Gasteiger partial charge in [-0.05, 0) is 54.8 Å². The Bertz CT molecular complexity index is 1150. The average Bonchev–Trinajstić information content (AvgIpc) is 3.21. The van der Waals surface area contributed by atoms with Gasteiger partial charge >= 0.3 is 6.03 Å². The highest BCUT2D eigenvalue weighted by Gasteiger charge is 2.25. The number of sulfonamides is 1. The Morgan fingerprint density at radius 3 is 2.43 bits per heavy atom. The second-order valence-electron chi connectivity index (χ2n) is 7.48. The van der Waals surface area contributed by atoms with Crippen LogP contribution in [0.5, 0.6) is 0 Å². The Balaban J connectivity index is 1.42. The van der Waals surface area contributed by atoms with E-state index in [1.54, 1.807) is 39.3 Å². The predicted octanol–water partition coefficient (Wildman–Crippen LogP) is 3.62. The number of hydrogen-bond acceptors (Lipinski definition) is 4. The van der Waals surface area contributed by atoms with Crippen LogP contribution in [0.15, 0.2) is 59.6 Å². The Hall–Kier alpha value is -2.84. The van der Waals surface area contributed by atoms with Gasteiger partial charge in [0, 0.05) is 44.0 Å². The molecule has 0 saturated carbocycles. The molecular weight excluding hydrogens is 400 g/mol. The zero-order valence-corrected chi connectivity index (χ0v) is 17.8. The van der Waals surface area contributed by atoms with Gasteiger partial charge in [-0.25, -0.2) is 13.2 Å². The molecule has 1 amide bonds. The van der Waals surface area contributed by atoms with Crippen LogP contribution < -0.4 is 10.6 Å². The van der Waals surface area contributed by atoms with Gasteiger partial charge < -0.3 is 10.6 Å². The van der Waals surface area contributed by atoms with Crippen LogP contribution in [-0.2, 0) is 16.6 Å². The molecule has 1 aliphatic heterocycles. The fourth-order valence-electron chi connectivity index (χ4n) is 3.77. The molecule has 0 radical (unpaired) electrons. The number of carbonyl (C=O) groups is 1. The molecule has 3 aromatic rings. The van der Waals surface area contributed by atoms with Crippen LogP contribution in [0.4, 0.5) is 10.5 Å². The number of aromatic nitrogens is 1. The number of rotatable bonds is 5. The molecule has 158 valence electrons. The van der Waals surface area contributed by atoms with Crippen molar-refractivity contribution in [1.82, 2.24) is 14.2 Å². The number of anilines is 1. The van der Waals surface area contributed by atoms with Crippen molar-refractivity contribution in [1.29, 1.82) is 0 Å². The average molecular weight is 427 g/mol. The molecule has 1 saturated heterocycles. The number of amides is 1. The quantitative estimate of drug-likeness (QED) is 0.653. The first-order valence-electron chi connectivity index (χ1n) is 10.2. The number of nitrogens with one attached hydrogen (secondary N) is 2. The maximum absolute atomic E-state index is 12.7. The smallest absolute Gasteiger partial charge is 0.326 e. The molecule has 0 unspecified atom stereocenters. The summed E-state index contributed by atoms with van der Waals surface area (Å²) in [6.07, 6.45) is 4.65. The standard InChI is InChI=1S/C22H26N4O3S/c1-23-19-7-10-21-18(15-19)11-14-26(21)22(27)24-16-17-5-8-20(9-6-17)30(28,29)25-12-3-2-4-13-25/h5-11,14-15,23H,2-4,12-13,16H2,1H3,(H,24,27). The minimum atomic E-state index is -3.44. The van der Waals surface area contributed by atoms with Crippen molar-refractivity contribution in [3.05, 3.63) is 60.3 Å². The lowest BCUT2D eigenvalue weighted by molar-refractivity contribution is 0.243.